The molecule has 102 valence electrons. The van der Waals surface area contributed by atoms with Crippen molar-refractivity contribution < 1.29 is 0 Å². The largest absolute Gasteiger partial charge is 0.352 e. The summed E-state index contributed by atoms with van der Waals surface area (Å²) in [5.41, 5.74) is 0.807. The van der Waals surface area contributed by atoms with E-state index in [1.807, 2.05) is 12.1 Å². The van der Waals surface area contributed by atoms with Crippen LogP contribution in [0.3, 0.4) is 0 Å². The predicted molar refractivity (Wildman–Crippen MR) is 76.8 cm³/mol. The quantitative estimate of drug-likeness (QED) is 0.881. The number of aromatic nitrogens is 3. The lowest BCUT2D eigenvalue weighted by Gasteiger charge is -2.19. The molecule has 0 amide bonds. The second-order valence-corrected chi connectivity index (χ2v) is 5.31. The highest BCUT2D eigenvalue weighted by Crippen LogP contribution is 2.25. The number of hydrogen-bond donors (Lipinski definition) is 1. The van der Waals surface area contributed by atoms with Crippen LogP contribution in [0.4, 0.5) is 5.95 Å². The molecule has 0 atom stereocenters. The van der Waals surface area contributed by atoms with E-state index in [1.165, 1.54) is 12.8 Å². The third-order valence-corrected chi connectivity index (χ3v) is 3.67. The molecule has 0 aliphatic heterocycles. The molecule has 19 heavy (non-hydrogen) atoms. The Labute approximate surface area is 117 Å². The molecule has 1 saturated carbocycles. The zero-order valence-corrected chi connectivity index (χ0v) is 11.8. The number of halogens is 1. The molecular formula is C13H18ClN5. The minimum absolute atomic E-state index is 0.661. The van der Waals surface area contributed by atoms with Crippen molar-refractivity contribution in [3.63, 3.8) is 0 Å². The first kappa shape index (κ1) is 12.7. The lowest BCUT2D eigenvalue weighted by Crippen LogP contribution is -2.31. The maximum atomic E-state index is 5.92. The first-order valence-corrected chi connectivity index (χ1v) is 7.14. The van der Waals surface area contributed by atoms with Crippen LogP contribution in [0.1, 0.15) is 19.8 Å². The summed E-state index contributed by atoms with van der Waals surface area (Å²) in [7, 11) is 0. The molecule has 2 aromatic rings. The number of anilines is 1. The van der Waals surface area contributed by atoms with Crippen LogP contribution in [0.5, 0.6) is 0 Å². The smallest absolute Gasteiger partial charge is 0.243 e. The molecule has 0 radical (unpaired) electrons. The molecule has 1 N–H and O–H groups in total. The standard InChI is InChI=1S/C13H18ClN5/c1-2-18(11-4-5-11)8-7-15-13-16-12-6-3-10(14)9-19(12)17-13/h3,6,9,11H,2,4-5,7-8H2,1H3,(H,15,17). The molecule has 0 bridgehead atoms. The summed E-state index contributed by atoms with van der Waals surface area (Å²) in [5, 5.41) is 8.28. The van der Waals surface area contributed by atoms with Crippen molar-refractivity contribution in [3.8, 4) is 0 Å². The number of fused-ring (bicyclic) bond motifs is 1. The number of rotatable bonds is 6. The van der Waals surface area contributed by atoms with Gasteiger partial charge in [-0.3, -0.25) is 4.90 Å². The van der Waals surface area contributed by atoms with Gasteiger partial charge in [-0.25, -0.2) is 4.52 Å². The van der Waals surface area contributed by atoms with Gasteiger partial charge < -0.3 is 5.32 Å². The minimum Gasteiger partial charge on any atom is -0.352 e. The van der Waals surface area contributed by atoms with Crippen LogP contribution < -0.4 is 5.32 Å². The second-order valence-electron chi connectivity index (χ2n) is 4.87. The molecule has 0 spiro atoms. The summed E-state index contributed by atoms with van der Waals surface area (Å²) < 4.78 is 1.70. The highest BCUT2D eigenvalue weighted by Gasteiger charge is 2.27. The summed E-state index contributed by atoms with van der Waals surface area (Å²) >= 11 is 5.92. The lowest BCUT2D eigenvalue weighted by molar-refractivity contribution is 0.289. The Morgan fingerprint density at radius 1 is 1.47 bits per heavy atom. The van der Waals surface area contributed by atoms with E-state index < -0.39 is 0 Å². The van der Waals surface area contributed by atoms with Gasteiger partial charge in [0.2, 0.25) is 5.95 Å². The lowest BCUT2D eigenvalue weighted by atomic mass is 10.4. The summed E-state index contributed by atoms with van der Waals surface area (Å²) in [6.45, 7) is 5.23. The van der Waals surface area contributed by atoms with Gasteiger partial charge in [-0.05, 0) is 31.5 Å². The highest BCUT2D eigenvalue weighted by atomic mass is 35.5. The maximum absolute atomic E-state index is 5.92. The Hall–Kier alpha value is -1.33. The third-order valence-electron chi connectivity index (χ3n) is 3.45. The molecule has 0 aromatic carbocycles. The number of likely N-dealkylation sites (N-methyl/N-ethyl adjacent to an activating group) is 1. The third kappa shape index (κ3) is 2.98. The van der Waals surface area contributed by atoms with Gasteiger partial charge in [-0.1, -0.05) is 18.5 Å². The first-order chi connectivity index (χ1) is 9.26. The van der Waals surface area contributed by atoms with Gasteiger partial charge in [0.1, 0.15) is 0 Å². The van der Waals surface area contributed by atoms with Crippen molar-refractivity contribution in [2.24, 2.45) is 0 Å². The van der Waals surface area contributed by atoms with Crippen molar-refractivity contribution in [1.29, 1.82) is 0 Å². The Kier molecular flexibility index (Phi) is 3.57. The fourth-order valence-electron chi connectivity index (χ4n) is 2.28. The van der Waals surface area contributed by atoms with Crippen LogP contribution in [-0.2, 0) is 0 Å². The molecule has 2 aromatic heterocycles. The van der Waals surface area contributed by atoms with E-state index in [4.69, 9.17) is 11.6 Å². The Balaban J connectivity index is 1.58. The average molecular weight is 280 g/mol. The topological polar surface area (TPSA) is 45.5 Å². The SMILES string of the molecule is CCN(CCNc1nc2ccc(Cl)cn2n1)C1CC1. The second kappa shape index (κ2) is 5.35. The van der Waals surface area contributed by atoms with E-state index >= 15 is 0 Å². The summed E-state index contributed by atoms with van der Waals surface area (Å²) in [6, 6.07) is 4.49. The van der Waals surface area contributed by atoms with Crippen molar-refractivity contribution in [2.75, 3.05) is 25.0 Å². The van der Waals surface area contributed by atoms with Crippen LogP contribution in [0.25, 0.3) is 5.65 Å². The van der Waals surface area contributed by atoms with Crippen LogP contribution >= 0.6 is 11.6 Å². The molecular weight excluding hydrogens is 262 g/mol. The van der Waals surface area contributed by atoms with Gasteiger partial charge in [0, 0.05) is 25.3 Å². The molecule has 2 heterocycles. The van der Waals surface area contributed by atoms with Gasteiger partial charge in [0.25, 0.3) is 0 Å². The summed E-state index contributed by atoms with van der Waals surface area (Å²) in [4.78, 5) is 6.90. The van der Waals surface area contributed by atoms with E-state index in [-0.39, 0.29) is 0 Å². The van der Waals surface area contributed by atoms with Crippen molar-refractivity contribution in [3.05, 3.63) is 23.4 Å². The molecule has 3 rings (SSSR count). The van der Waals surface area contributed by atoms with E-state index in [0.29, 0.717) is 11.0 Å². The number of nitrogens with one attached hydrogen (secondary N) is 1. The predicted octanol–water partition coefficient (Wildman–Crippen LogP) is 2.28. The molecule has 0 unspecified atom stereocenters. The zero-order valence-electron chi connectivity index (χ0n) is 11.0. The van der Waals surface area contributed by atoms with Crippen LogP contribution in [0.15, 0.2) is 18.3 Å². The first-order valence-electron chi connectivity index (χ1n) is 6.76. The van der Waals surface area contributed by atoms with Crippen LogP contribution in [0.2, 0.25) is 5.02 Å². The highest BCUT2D eigenvalue weighted by molar-refractivity contribution is 6.30. The van der Waals surface area contributed by atoms with E-state index in [0.717, 1.165) is 31.3 Å². The summed E-state index contributed by atoms with van der Waals surface area (Å²) in [6.07, 6.45) is 4.45. The molecule has 1 aliphatic carbocycles. The fourth-order valence-corrected chi connectivity index (χ4v) is 2.44. The average Bonchev–Trinajstić information content (AvgIpc) is 3.15. The van der Waals surface area contributed by atoms with E-state index in [1.54, 1.807) is 10.7 Å². The van der Waals surface area contributed by atoms with E-state index in [2.05, 4.69) is 27.2 Å². The zero-order chi connectivity index (χ0) is 13.2. The molecule has 1 fully saturated rings. The normalized spacial score (nSPS) is 15.3. The van der Waals surface area contributed by atoms with Crippen LogP contribution in [0, 0.1) is 0 Å². The van der Waals surface area contributed by atoms with Crippen molar-refractivity contribution in [1.82, 2.24) is 19.5 Å². The Morgan fingerprint density at radius 2 is 2.32 bits per heavy atom. The number of hydrogen-bond acceptors (Lipinski definition) is 4. The van der Waals surface area contributed by atoms with Gasteiger partial charge in [0.05, 0.1) is 5.02 Å². The van der Waals surface area contributed by atoms with Gasteiger partial charge in [-0.2, -0.15) is 4.98 Å². The molecule has 6 heteroatoms. The molecule has 0 saturated heterocycles. The Bertz CT molecular complexity index is 563. The molecule has 1 aliphatic rings. The minimum atomic E-state index is 0.661. The number of pyridine rings is 1. The van der Waals surface area contributed by atoms with Crippen molar-refractivity contribution in [2.45, 2.75) is 25.8 Å². The van der Waals surface area contributed by atoms with Gasteiger partial charge >= 0.3 is 0 Å². The number of nitrogens with zero attached hydrogens (tertiary/aromatic N) is 4. The van der Waals surface area contributed by atoms with Gasteiger partial charge in [0.15, 0.2) is 5.65 Å². The maximum Gasteiger partial charge on any atom is 0.243 e. The monoisotopic (exact) mass is 279 g/mol. The Morgan fingerprint density at radius 3 is 3.05 bits per heavy atom. The summed E-state index contributed by atoms with van der Waals surface area (Å²) in [5.74, 6) is 0.661. The fraction of sp³-hybridized carbons (Fsp3) is 0.538. The molecule has 5 nitrogen and oxygen atoms in total. The van der Waals surface area contributed by atoms with E-state index in [9.17, 15) is 0 Å². The van der Waals surface area contributed by atoms with Crippen LogP contribution in [-0.4, -0.2) is 45.2 Å². The van der Waals surface area contributed by atoms with Crippen molar-refractivity contribution >= 4 is 23.2 Å². The van der Waals surface area contributed by atoms with Gasteiger partial charge in [-0.15, -0.1) is 5.10 Å².